The number of hydrogen-bond donors (Lipinski definition) is 1. The Morgan fingerprint density at radius 1 is 1.36 bits per heavy atom. The molecule has 1 amide bonds. The lowest BCUT2D eigenvalue weighted by Gasteiger charge is -2.05. The van der Waals surface area contributed by atoms with Crippen molar-refractivity contribution in [2.75, 3.05) is 7.11 Å². The van der Waals surface area contributed by atoms with Crippen molar-refractivity contribution in [1.82, 2.24) is 5.32 Å². The molecule has 0 heterocycles. The van der Waals surface area contributed by atoms with Gasteiger partial charge in [-0.15, -0.1) is 0 Å². The van der Waals surface area contributed by atoms with Crippen LogP contribution in [0, 0.1) is 0 Å². The molecule has 0 saturated carbocycles. The molecule has 0 fully saturated rings. The zero-order valence-electron chi connectivity index (χ0n) is 8.28. The molecule has 0 unspecified atom stereocenters. The van der Waals surface area contributed by atoms with Crippen molar-refractivity contribution >= 4 is 11.7 Å². The van der Waals surface area contributed by atoms with Crippen molar-refractivity contribution in [2.24, 2.45) is 0 Å². The first-order valence-corrected chi connectivity index (χ1v) is 4.30. The van der Waals surface area contributed by atoms with Crippen LogP contribution in [-0.4, -0.2) is 13.0 Å². The zero-order chi connectivity index (χ0) is 10.4. The summed E-state index contributed by atoms with van der Waals surface area (Å²) in [6.07, 6.45) is 1.55. The highest BCUT2D eigenvalue weighted by Gasteiger charge is 1.99. The Morgan fingerprint density at radius 2 is 2.00 bits per heavy atom. The molecular weight excluding hydrogens is 178 g/mol. The number of benzene rings is 1. The number of amides is 1. The lowest BCUT2D eigenvalue weighted by Crippen LogP contribution is -2.12. The highest BCUT2D eigenvalue weighted by Crippen LogP contribution is 2.12. The van der Waals surface area contributed by atoms with Gasteiger partial charge in [-0.05, 0) is 0 Å². The Balaban J connectivity index is 2.82. The van der Waals surface area contributed by atoms with E-state index in [-0.39, 0.29) is 5.91 Å². The minimum atomic E-state index is -0.115. The summed E-state index contributed by atoms with van der Waals surface area (Å²) in [4.78, 5) is 10.7. The van der Waals surface area contributed by atoms with Crippen molar-refractivity contribution in [3.8, 4) is 0 Å². The number of ether oxygens (including phenoxy) is 1. The van der Waals surface area contributed by atoms with E-state index in [1.807, 2.05) is 30.3 Å². The fraction of sp³-hybridized carbons (Fsp3) is 0.182. The average Bonchev–Trinajstić information content (AvgIpc) is 2.20. The fourth-order valence-corrected chi connectivity index (χ4v) is 1.03. The molecule has 3 heteroatoms. The van der Waals surface area contributed by atoms with Crippen molar-refractivity contribution in [2.45, 2.75) is 6.92 Å². The van der Waals surface area contributed by atoms with Crippen LogP contribution in [0.3, 0.4) is 0 Å². The van der Waals surface area contributed by atoms with Crippen molar-refractivity contribution in [3.05, 3.63) is 42.1 Å². The third-order valence-electron chi connectivity index (χ3n) is 1.68. The van der Waals surface area contributed by atoms with Gasteiger partial charge in [-0.25, -0.2) is 0 Å². The molecule has 14 heavy (non-hydrogen) atoms. The van der Waals surface area contributed by atoms with E-state index >= 15 is 0 Å². The van der Waals surface area contributed by atoms with Gasteiger partial charge in [0.15, 0.2) is 0 Å². The van der Waals surface area contributed by atoms with E-state index in [0.29, 0.717) is 5.76 Å². The molecule has 0 bridgehead atoms. The summed E-state index contributed by atoms with van der Waals surface area (Å²) >= 11 is 0. The van der Waals surface area contributed by atoms with Crippen LogP contribution in [0.1, 0.15) is 12.5 Å². The van der Waals surface area contributed by atoms with Gasteiger partial charge in [0, 0.05) is 18.7 Å². The Morgan fingerprint density at radius 3 is 2.50 bits per heavy atom. The maximum Gasteiger partial charge on any atom is 0.220 e. The van der Waals surface area contributed by atoms with Crippen LogP contribution >= 0.6 is 0 Å². The minimum Gasteiger partial charge on any atom is -0.495 e. The van der Waals surface area contributed by atoms with Gasteiger partial charge in [-0.3, -0.25) is 4.79 Å². The van der Waals surface area contributed by atoms with Crippen LogP contribution in [-0.2, 0) is 9.53 Å². The lowest BCUT2D eigenvalue weighted by molar-refractivity contribution is -0.118. The molecule has 1 rings (SSSR count). The van der Waals surface area contributed by atoms with E-state index in [2.05, 4.69) is 5.32 Å². The van der Waals surface area contributed by atoms with Crippen molar-refractivity contribution in [3.63, 3.8) is 0 Å². The summed E-state index contributed by atoms with van der Waals surface area (Å²) in [5, 5.41) is 2.57. The number of hydrogen-bond acceptors (Lipinski definition) is 2. The molecule has 3 nitrogen and oxygen atoms in total. The number of carbonyl (C=O) groups is 1. The van der Waals surface area contributed by atoms with Gasteiger partial charge in [0.25, 0.3) is 0 Å². The number of carbonyl (C=O) groups excluding carboxylic acids is 1. The number of rotatable bonds is 3. The fourth-order valence-electron chi connectivity index (χ4n) is 1.03. The van der Waals surface area contributed by atoms with Gasteiger partial charge in [-0.1, -0.05) is 30.3 Å². The molecule has 1 aromatic rings. The molecule has 0 aliphatic heterocycles. The molecule has 0 radical (unpaired) electrons. The standard InChI is InChI=1S/C11H13NO2/c1-9(13)12-8-11(14-2)10-6-4-3-5-7-10/h3-8H,1-2H3,(H,12,13)/b11-8-. The molecule has 0 aromatic heterocycles. The van der Waals surface area contributed by atoms with E-state index in [1.165, 1.54) is 6.92 Å². The zero-order valence-corrected chi connectivity index (χ0v) is 8.28. The number of nitrogens with one attached hydrogen (secondary N) is 1. The third-order valence-corrected chi connectivity index (χ3v) is 1.68. The molecule has 74 valence electrons. The van der Waals surface area contributed by atoms with Crippen molar-refractivity contribution in [1.29, 1.82) is 0 Å². The molecule has 0 aliphatic carbocycles. The quantitative estimate of drug-likeness (QED) is 0.739. The Labute approximate surface area is 83.4 Å². The van der Waals surface area contributed by atoms with E-state index in [4.69, 9.17) is 4.74 Å². The topological polar surface area (TPSA) is 38.3 Å². The van der Waals surface area contributed by atoms with Crippen LogP contribution in [0.4, 0.5) is 0 Å². The smallest absolute Gasteiger partial charge is 0.220 e. The van der Waals surface area contributed by atoms with Gasteiger partial charge in [-0.2, -0.15) is 0 Å². The first kappa shape index (κ1) is 10.3. The van der Waals surface area contributed by atoms with E-state index in [0.717, 1.165) is 5.56 Å². The van der Waals surface area contributed by atoms with Crippen LogP contribution in [0.15, 0.2) is 36.5 Å². The first-order chi connectivity index (χ1) is 6.74. The number of methoxy groups -OCH3 is 1. The average molecular weight is 191 g/mol. The Hall–Kier alpha value is -1.77. The summed E-state index contributed by atoms with van der Waals surface area (Å²) in [5.74, 6) is 0.524. The van der Waals surface area contributed by atoms with E-state index in [9.17, 15) is 4.79 Å². The summed E-state index contributed by atoms with van der Waals surface area (Å²) in [5.41, 5.74) is 0.934. The summed E-state index contributed by atoms with van der Waals surface area (Å²) in [6.45, 7) is 1.45. The predicted octanol–water partition coefficient (Wildman–Crippen LogP) is 1.77. The second-order valence-corrected chi connectivity index (χ2v) is 2.78. The SMILES string of the molecule is CO/C(=C\NC(C)=O)c1ccccc1. The highest BCUT2D eigenvalue weighted by molar-refractivity contribution is 5.76. The second kappa shape index (κ2) is 5.07. The van der Waals surface area contributed by atoms with E-state index < -0.39 is 0 Å². The van der Waals surface area contributed by atoms with Gasteiger partial charge < -0.3 is 10.1 Å². The van der Waals surface area contributed by atoms with Crippen molar-refractivity contribution < 1.29 is 9.53 Å². The summed E-state index contributed by atoms with van der Waals surface area (Å²) in [7, 11) is 1.57. The third kappa shape index (κ3) is 2.94. The molecule has 1 aromatic carbocycles. The Bertz CT molecular complexity index is 330. The van der Waals surface area contributed by atoms with Crippen LogP contribution in [0.25, 0.3) is 5.76 Å². The van der Waals surface area contributed by atoms with Crippen LogP contribution < -0.4 is 5.32 Å². The highest BCUT2D eigenvalue weighted by atomic mass is 16.5. The normalized spacial score (nSPS) is 10.9. The molecule has 0 atom stereocenters. The van der Waals surface area contributed by atoms with Crippen LogP contribution in [0.2, 0.25) is 0 Å². The monoisotopic (exact) mass is 191 g/mol. The summed E-state index contributed by atoms with van der Waals surface area (Å²) < 4.78 is 5.13. The molecule has 0 aliphatic rings. The van der Waals surface area contributed by atoms with Gasteiger partial charge in [0.2, 0.25) is 5.91 Å². The Kier molecular flexibility index (Phi) is 3.73. The summed E-state index contributed by atoms with van der Waals surface area (Å²) in [6, 6.07) is 9.58. The second-order valence-electron chi connectivity index (χ2n) is 2.78. The van der Waals surface area contributed by atoms with Gasteiger partial charge >= 0.3 is 0 Å². The first-order valence-electron chi connectivity index (χ1n) is 4.30. The molecule has 0 spiro atoms. The van der Waals surface area contributed by atoms with Gasteiger partial charge in [0.1, 0.15) is 5.76 Å². The maximum atomic E-state index is 10.7. The molecular formula is C11H13NO2. The minimum absolute atomic E-state index is 0.115. The predicted molar refractivity (Wildman–Crippen MR) is 55.2 cm³/mol. The van der Waals surface area contributed by atoms with Gasteiger partial charge in [0.05, 0.1) is 7.11 Å². The maximum absolute atomic E-state index is 10.7. The molecule has 0 saturated heterocycles. The lowest BCUT2D eigenvalue weighted by atomic mass is 10.2. The largest absolute Gasteiger partial charge is 0.495 e. The van der Waals surface area contributed by atoms with E-state index in [1.54, 1.807) is 13.3 Å². The van der Waals surface area contributed by atoms with Crippen LogP contribution in [0.5, 0.6) is 0 Å². The molecule has 1 N–H and O–H groups in total.